The third kappa shape index (κ3) is 3.96. The lowest BCUT2D eigenvalue weighted by molar-refractivity contribution is -0.117. The van der Waals surface area contributed by atoms with Crippen LogP contribution in [0, 0.1) is 5.92 Å². The van der Waals surface area contributed by atoms with Gasteiger partial charge in [-0.3, -0.25) is 4.79 Å². The topological polar surface area (TPSA) is 68.8 Å². The second-order valence-corrected chi connectivity index (χ2v) is 5.88. The maximum Gasteiger partial charge on any atom is 0.227 e. The van der Waals surface area contributed by atoms with Crippen molar-refractivity contribution in [1.82, 2.24) is 0 Å². The number of anilines is 3. The molecule has 1 aliphatic carbocycles. The van der Waals surface area contributed by atoms with Gasteiger partial charge in [-0.05, 0) is 37.1 Å². The quantitative estimate of drug-likeness (QED) is 0.801. The van der Waals surface area contributed by atoms with E-state index >= 15 is 0 Å². The molecule has 1 amide bonds. The van der Waals surface area contributed by atoms with Gasteiger partial charge in [-0.1, -0.05) is 0 Å². The molecule has 0 radical (unpaired) electrons. The van der Waals surface area contributed by atoms with E-state index in [1.165, 1.54) is 0 Å². The van der Waals surface area contributed by atoms with Crippen LogP contribution < -0.4 is 24.8 Å². The molecule has 2 aromatic rings. The molecule has 0 heterocycles. The van der Waals surface area contributed by atoms with Crippen LogP contribution in [0.2, 0.25) is 0 Å². The average Bonchev–Trinajstić information content (AvgIpc) is 3.47. The Morgan fingerprint density at radius 1 is 0.880 bits per heavy atom. The normalized spacial score (nSPS) is 13.1. The van der Waals surface area contributed by atoms with Crippen molar-refractivity contribution in [3.05, 3.63) is 36.4 Å². The number of carbonyl (C=O) groups is 1. The van der Waals surface area contributed by atoms with E-state index in [9.17, 15) is 4.79 Å². The predicted molar refractivity (Wildman–Crippen MR) is 97.2 cm³/mol. The van der Waals surface area contributed by atoms with Crippen molar-refractivity contribution >= 4 is 23.0 Å². The average molecular weight is 342 g/mol. The zero-order chi connectivity index (χ0) is 17.8. The van der Waals surface area contributed by atoms with Gasteiger partial charge in [-0.15, -0.1) is 0 Å². The zero-order valence-electron chi connectivity index (χ0n) is 14.6. The first-order valence-electron chi connectivity index (χ1n) is 8.12. The van der Waals surface area contributed by atoms with E-state index in [2.05, 4.69) is 10.6 Å². The van der Waals surface area contributed by atoms with Gasteiger partial charge < -0.3 is 24.8 Å². The van der Waals surface area contributed by atoms with Gasteiger partial charge in [-0.2, -0.15) is 0 Å². The van der Waals surface area contributed by atoms with Crippen molar-refractivity contribution in [2.45, 2.75) is 12.8 Å². The fourth-order valence-electron chi connectivity index (χ4n) is 2.55. The molecule has 1 aliphatic rings. The fraction of sp³-hybridized carbons (Fsp3) is 0.316. The number of nitrogens with one attached hydrogen (secondary N) is 2. The Kier molecular flexibility index (Phi) is 4.97. The minimum absolute atomic E-state index is 0.102. The van der Waals surface area contributed by atoms with Crippen LogP contribution in [0.15, 0.2) is 36.4 Å². The van der Waals surface area contributed by atoms with Crippen molar-refractivity contribution < 1.29 is 19.0 Å². The summed E-state index contributed by atoms with van der Waals surface area (Å²) >= 11 is 0. The highest BCUT2D eigenvalue weighted by molar-refractivity contribution is 5.94. The molecule has 1 fully saturated rings. The first kappa shape index (κ1) is 17.0. The zero-order valence-corrected chi connectivity index (χ0v) is 14.6. The molecule has 1 saturated carbocycles. The van der Waals surface area contributed by atoms with Crippen LogP contribution in [0.4, 0.5) is 17.1 Å². The molecule has 0 spiro atoms. The van der Waals surface area contributed by atoms with Crippen LogP contribution >= 0.6 is 0 Å². The molecule has 0 atom stereocenters. The molecule has 0 aliphatic heterocycles. The Balaban J connectivity index is 1.74. The SMILES string of the molecule is COc1cc(Nc2ccc(NC(=O)C3CC3)cc2)cc(OC)c1OC. The lowest BCUT2D eigenvalue weighted by Crippen LogP contribution is -2.13. The highest BCUT2D eigenvalue weighted by atomic mass is 16.5. The standard InChI is InChI=1S/C19H22N2O4/c1-23-16-10-15(11-17(24-2)18(16)25-3)20-13-6-8-14(9-7-13)21-19(22)12-4-5-12/h6-12,20H,4-5H2,1-3H3,(H,21,22). The van der Waals surface area contributed by atoms with Crippen LogP contribution in [0.25, 0.3) is 0 Å². The number of amides is 1. The van der Waals surface area contributed by atoms with E-state index < -0.39 is 0 Å². The number of carbonyl (C=O) groups excluding carboxylic acids is 1. The number of ether oxygens (including phenoxy) is 3. The fourth-order valence-corrected chi connectivity index (χ4v) is 2.55. The first-order chi connectivity index (χ1) is 12.1. The Hall–Kier alpha value is -2.89. The van der Waals surface area contributed by atoms with Crippen LogP contribution in [0.3, 0.4) is 0 Å². The lowest BCUT2D eigenvalue weighted by Gasteiger charge is -2.15. The van der Waals surface area contributed by atoms with E-state index in [0.29, 0.717) is 17.2 Å². The van der Waals surface area contributed by atoms with Gasteiger partial charge >= 0.3 is 0 Å². The molecule has 0 saturated heterocycles. The minimum atomic E-state index is 0.102. The van der Waals surface area contributed by atoms with Crippen molar-refractivity contribution in [3.63, 3.8) is 0 Å². The number of benzene rings is 2. The van der Waals surface area contributed by atoms with Crippen molar-refractivity contribution in [2.75, 3.05) is 32.0 Å². The van der Waals surface area contributed by atoms with Gasteiger partial charge in [0, 0.05) is 35.1 Å². The van der Waals surface area contributed by atoms with E-state index in [-0.39, 0.29) is 11.8 Å². The van der Waals surface area contributed by atoms with Gasteiger partial charge in [0.25, 0.3) is 0 Å². The number of methoxy groups -OCH3 is 3. The van der Waals surface area contributed by atoms with Crippen LogP contribution in [0.1, 0.15) is 12.8 Å². The molecule has 6 nitrogen and oxygen atoms in total. The first-order valence-corrected chi connectivity index (χ1v) is 8.12. The molecule has 132 valence electrons. The monoisotopic (exact) mass is 342 g/mol. The Labute approximate surface area is 147 Å². The molecule has 2 aromatic carbocycles. The van der Waals surface area contributed by atoms with Gasteiger partial charge in [0.15, 0.2) is 11.5 Å². The Morgan fingerprint density at radius 2 is 1.44 bits per heavy atom. The largest absolute Gasteiger partial charge is 0.493 e. The molecular weight excluding hydrogens is 320 g/mol. The van der Waals surface area contributed by atoms with Crippen molar-refractivity contribution in [1.29, 1.82) is 0 Å². The minimum Gasteiger partial charge on any atom is -0.493 e. The second kappa shape index (κ2) is 7.34. The smallest absolute Gasteiger partial charge is 0.227 e. The van der Waals surface area contributed by atoms with E-state index in [1.807, 2.05) is 36.4 Å². The highest BCUT2D eigenvalue weighted by Crippen LogP contribution is 2.40. The van der Waals surface area contributed by atoms with E-state index in [0.717, 1.165) is 29.9 Å². The Bertz CT molecular complexity index is 730. The van der Waals surface area contributed by atoms with Gasteiger partial charge in [0.2, 0.25) is 11.7 Å². The van der Waals surface area contributed by atoms with Gasteiger partial charge in [0.05, 0.1) is 21.3 Å². The van der Waals surface area contributed by atoms with Gasteiger partial charge in [0.1, 0.15) is 0 Å². The van der Waals surface area contributed by atoms with Crippen molar-refractivity contribution in [2.24, 2.45) is 5.92 Å². The summed E-state index contributed by atoms with van der Waals surface area (Å²) < 4.78 is 16.0. The van der Waals surface area contributed by atoms with E-state index in [1.54, 1.807) is 21.3 Å². The summed E-state index contributed by atoms with van der Waals surface area (Å²) in [6.45, 7) is 0. The highest BCUT2D eigenvalue weighted by Gasteiger charge is 2.29. The molecular formula is C19H22N2O4. The summed E-state index contributed by atoms with van der Waals surface area (Å²) in [6.07, 6.45) is 1.99. The summed E-state index contributed by atoms with van der Waals surface area (Å²) in [5.41, 5.74) is 2.50. The third-order valence-corrected chi connectivity index (χ3v) is 4.05. The summed E-state index contributed by atoms with van der Waals surface area (Å²) in [7, 11) is 4.74. The molecule has 0 bridgehead atoms. The summed E-state index contributed by atoms with van der Waals surface area (Å²) in [5.74, 6) is 2.01. The van der Waals surface area contributed by atoms with Crippen molar-refractivity contribution in [3.8, 4) is 17.2 Å². The maximum atomic E-state index is 11.8. The van der Waals surface area contributed by atoms with Crippen LogP contribution in [-0.4, -0.2) is 27.2 Å². The van der Waals surface area contributed by atoms with E-state index in [4.69, 9.17) is 14.2 Å². The maximum absolute atomic E-state index is 11.8. The molecule has 0 unspecified atom stereocenters. The summed E-state index contributed by atoms with van der Waals surface area (Å²) in [4.78, 5) is 11.8. The Morgan fingerprint density at radius 3 is 1.92 bits per heavy atom. The van der Waals surface area contributed by atoms with Crippen LogP contribution in [-0.2, 0) is 4.79 Å². The molecule has 25 heavy (non-hydrogen) atoms. The van der Waals surface area contributed by atoms with Gasteiger partial charge in [-0.25, -0.2) is 0 Å². The van der Waals surface area contributed by atoms with Crippen LogP contribution in [0.5, 0.6) is 17.2 Å². The molecule has 6 heteroatoms. The number of hydrogen-bond acceptors (Lipinski definition) is 5. The summed E-state index contributed by atoms with van der Waals surface area (Å²) in [5, 5.41) is 6.22. The lowest BCUT2D eigenvalue weighted by atomic mass is 10.2. The molecule has 3 rings (SSSR count). The molecule has 0 aromatic heterocycles. The number of rotatable bonds is 7. The summed E-state index contributed by atoms with van der Waals surface area (Å²) in [6, 6.07) is 11.2. The predicted octanol–water partition coefficient (Wildman–Crippen LogP) is 3.80. The third-order valence-electron chi connectivity index (χ3n) is 4.05. The number of hydrogen-bond donors (Lipinski definition) is 2. The second-order valence-electron chi connectivity index (χ2n) is 5.88. The molecule has 2 N–H and O–H groups in total.